The number of thiophene rings is 1. The lowest BCUT2D eigenvalue weighted by molar-refractivity contribution is 0.415. The highest BCUT2D eigenvalue weighted by Gasteiger charge is 2.06. The number of pyridine rings is 1. The van der Waals surface area contributed by atoms with Gasteiger partial charge in [0.05, 0.1) is 7.11 Å². The van der Waals surface area contributed by atoms with Gasteiger partial charge in [-0.3, -0.25) is 4.79 Å². The quantitative estimate of drug-likeness (QED) is 0.699. The summed E-state index contributed by atoms with van der Waals surface area (Å²) in [5.41, 5.74) is 0.819. The van der Waals surface area contributed by atoms with Crippen molar-refractivity contribution in [1.29, 1.82) is 0 Å². The van der Waals surface area contributed by atoms with Crippen molar-refractivity contribution >= 4 is 32.3 Å². The lowest BCUT2D eigenvalue weighted by Gasteiger charge is -2.03. The van der Waals surface area contributed by atoms with E-state index in [2.05, 4.69) is 4.98 Å². The van der Waals surface area contributed by atoms with Crippen molar-refractivity contribution in [3.63, 3.8) is 0 Å². The summed E-state index contributed by atoms with van der Waals surface area (Å²) in [6.07, 6.45) is 0. The SMILES string of the molecule is COc1ccc2[nH]c(=O)c3sccc3c2c1. The molecule has 0 aliphatic heterocycles. The van der Waals surface area contributed by atoms with E-state index in [1.54, 1.807) is 7.11 Å². The molecule has 0 bridgehead atoms. The second-order valence-electron chi connectivity index (χ2n) is 3.53. The van der Waals surface area contributed by atoms with Crippen LogP contribution in [-0.2, 0) is 0 Å². The van der Waals surface area contributed by atoms with E-state index < -0.39 is 0 Å². The molecule has 0 atom stereocenters. The summed E-state index contributed by atoms with van der Waals surface area (Å²) in [6, 6.07) is 7.63. The predicted octanol–water partition coefficient (Wildman–Crippen LogP) is 2.75. The van der Waals surface area contributed by atoms with Gasteiger partial charge in [-0.25, -0.2) is 0 Å². The molecule has 2 aromatic heterocycles. The Balaban J connectivity index is 2.55. The van der Waals surface area contributed by atoms with Crippen LogP contribution in [0.15, 0.2) is 34.4 Å². The molecule has 1 N–H and O–H groups in total. The predicted molar refractivity (Wildman–Crippen MR) is 66.5 cm³/mol. The number of aromatic nitrogens is 1. The molecule has 3 nitrogen and oxygen atoms in total. The standard InChI is InChI=1S/C12H9NO2S/c1-15-7-2-3-10-9(6-7)8-4-5-16-11(8)12(14)13-10/h2-6H,1H3,(H,13,14). The highest BCUT2D eigenvalue weighted by Crippen LogP contribution is 2.27. The molecule has 3 rings (SSSR count). The molecule has 16 heavy (non-hydrogen) atoms. The van der Waals surface area contributed by atoms with Gasteiger partial charge in [0.25, 0.3) is 5.56 Å². The highest BCUT2D eigenvalue weighted by atomic mass is 32.1. The van der Waals surface area contributed by atoms with Crippen LogP contribution in [0.5, 0.6) is 5.75 Å². The minimum atomic E-state index is -0.0253. The summed E-state index contributed by atoms with van der Waals surface area (Å²) < 4.78 is 5.95. The maximum Gasteiger partial charge on any atom is 0.266 e. The number of H-pyrrole nitrogens is 1. The first-order valence-corrected chi connectivity index (χ1v) is 5.75. The molecule has 0 amide bonds. The average molecular weight is 231 g/mol. The molecule has 0 spiro atoms. The zero-order valence-corrected chi connectivity index (χ0v) is 9.43. The monoisotopic (exact) mass is 231 g/mol. The Morgan fingerprint density at radius 2 is 2.12 bits per heavy atom. The van der Waals surface area contributed by atoms with Crippen molar-refractivity contribution in [3.05, 3.63) is 40.0 Å². The van der Waals surface area contributed by atoms with Crippen LogP contribution in [0.3, 0.4) is 0 Å². The third-order valence-electron chi connectivity index (χ3n) is 2.64. The van der Waals surface area contributed by atoms with Crippen LogP contribution in [0, 0.1) is 0 Å². The number of ether oxygens (including phenoxy) is 1. The second-order valence-corrected chi connectivity index (χ2v) is 4.45. The first-order chi connectivity index (χ1) is 7.79. The van der Waals surface area contributed by atoms with E-state index in [0.717, 1.165) is 26.7 Å². The van der Waals surface area contributed by atoms with Crippen molar-refractivity contribution < 1.29 is 4.74 Å². The van der Waals surface area contributed by atoms with E-state index >= 15 is 0 Å². The highest BCUT2D eigenvalue weighted by molar-refractivity contribution is 7.17. The van der Waals surface area contributed by atoms with Crippen molar-refractivity contribution in [3.8, 4) is 5.75 Å². The number of methoxy groups -OCH3 is 1. The minimum absolute atomic E-state index is 0.0253. The zero-order valence-electron chi connectivity index (χ0n) is 8.61. The van der Waals surface area contributed by atoms with E-state index in [1.165, 1.54) is 11.3 Å². The molecule has 0 fully saturated rings. The van der Waals surface area contributed by atoms with Gasteiger partial charge in [-0.2, -0.15) is 0 Å². The average Bonchev–Trinajstić information content (AvgIpc) is 2.78. The summed E-state index contributed by atoms with van der Waals surface area (Å²) in [4.78, 5) is 14.6. The summed E-state index contributed by atoms with van der Waals surface area (Å²) >= 11 is 1.46. The molecule has 2 heterocycles. The van der Waals surface area contributed by atoms with Gasteiger partial charge in [-0.05, 0) is 29.6 Å². The van der Waals surface area contributed by atoms with Gasteiger partial charge in [0.15, 0.2) is 0 Å². The van der Waals surface area contributed by atoms with Crippen LogP contribution in [-0.4, -0.2) is 12.1 Å². The van der Waals surface area contributed by atoms with Crippen molar-refractivity contribution in [2.45, 2.75) is 0 Å². The first kappa shape index (κ1) is 9.42. The number of hydrogen-bond donors (Lipinski definition) is 1. The molecule has 0 unspecified atom stereocenters. The number of nitrogens with one attached hydrogen (secondary N) is 1. The summed E-state index contributed by atoms with van der Waals surface area (Å²) in [7, 11) is 1.64. The van der Waals surface area contributed by atoms with Gasteiger partial charge in [0.2, 0.25) is 0 Å². The van der Waals surface area contributed by atoms with Crippen molar-refractivity contribution in [2.24, 2.45) is 0 Å². The Morgan fingerprint density at radius 3 is 2.94 bits per heavy atom. The van der Waals surface area contributed by atoms with Crippen LogP contribution in [0.2, 0.25) is 0 Å². The Labute approximate surface area is 95.3 Å². The topological polar surface area (TPSA) is 42.1 Å². The Kier molecular flexibility index (Phi) is 1.97. The fourth-order valence-electron chi connectivity index (χ4n) is 1.86. The minimum Gasteiger partial charge on any atom is -0.497 e. The van der Waals surface area contributed by atoms with E-state index in [9.17, 15) is 4.79 Å². The number of fused-ring (bicyclic) bond motifs is 3. The van der Waals surface area contributed by atoms with Gasteiger partial charge in [-0.1, -0.05) is 0 Å². The normalized spacial score (nSPS) is 11.1. The van der Waals surface area contributed by atoms with Crippen LogP contribution in [0.25, 0.3) is 21.0 Å². The maximum absolute atomic E-state index is 11.7. The summed E-state index contributed by atoms with van der Waals surface area (Å²) in [5.74, 6) is 0.798. The van der Waals surface area contributed by atoms with Crippen LogP contribution in [0.4, 0.5) is 0 Å². The summed E-state index contributed by atoms with van der Waals surface area (Å²) in [6.45, 7) is 0. The molecule has 1 aromatic carbocycles. The lowest BCUT2D eigenvalue weighted by Crippen LogP contribution is -2.03. The Bertz CT molecular complexity index is 727. The molecule has 80 valence electrons. The lowest BCUT2D eigenvalue weighted by atomic mass is 10.1. The van der Waals surface area contributed by atoms with Crippen molar-refractivity contribution in [2.75, 3.05) is 7.11 Å². The third kappa shape index (κ3) is 1.23. The van der Waals surface area contributed by atoms with Gasteiger partial charge in [0.1, 0.15) is 10.4 Å². The van der Waals surface area contributed by atoms with Gasteiger partial charge < -0.3 is 9.72 Å². The van der Waals surface area contributed by atoms with Gasteiger partial charge in [-0.15, -0.1) is 11.3 Å². The number of benzene rings is 1. The smallest absolute Gasteiger partial charge is 0.266 e. The first-order valence-electron chi connectivity index (χ1n) is 4.87. The molecule has 0 radical (unpaired) electrons. The van der Waals surface area contributed by atoms with Gasteiger partial charge >= 0.3 is 0 Å². The molecule has 0 saturated carbocycles. The van der Waals surface area contributed by atoms with Crippen LogP contribution in [0.1, 0.15) is 0 Å². The second kappa shape index (κ2) is 3.35. The number of aromatic amines is 1. The fourth-order valence-corrected chi connectivity index (χ4v) is 2.66. The maximum atomic E-state index is 11.7. The fraction of sp³-hybridized carbons (Fsp3) is 0.0833. The number of rotatable bonds is 1. The van der Waals surface area contributed by atoms with Crippen LogP contribution >= 0.6 is 11.3 Å². The molecule has 0 aliphatic rings. The Morgan fingerprint density at radius 1 is 1.25 bits per heavy atom. The van der Waals surface area contributed by atoms with E-state index in [0.29, 0.717) is 0 Å². The van der Waals surface area contributed by atoms with Crippen molar-refractivity contribution in [1.82, 2.24) is 4.98 Å². The van der Waals surface area contributed by atoms with Gasteiger partial charge in [0, 0.05) is 16.3 Å². The molecule has 0 aliphatic carbocycles. The largest absolute Gasteiger partial charge is 0.497 e. The Hall–Kier alpha value is -1.81. The molecule has 4 heteroatoms. The molecular formula is C12H9NO2S. The van der Waals surface area contributed by atoms with E-state index in [1.807, 2.05) is 29.6 Å². The molecule has 3 aromatic rings. The third-order valence-corrected chi connectivity index (χ3v) is 3.55. The molecule has 0 saturated heterocycles. The van der Waals surface area contributed by atoms with E-state index in [-0.39, 0.29) is 5.56 Å². The summed E-state index contributed by atoms with van der Waals surface area (Å²) in [5, 5.41) is 3.94. The molecular weight excluding hydrogens is 222 g/mol. The van der Waals surface area contributed by atoms with E-state index in [4.69, 9.17) is 4.74 Å². The zero-order chi connectivity index (χ0) is 11.1. The van der Waals surface area contributed by atoms with Crippen LogP contribution < -0.4 is 10.3 Å². The number of hydrogen-bond acceptors (Lipinski definition) is 3.